The van der Waals surface area contributed by atoms with Crippen LogP contribution in [0.15, 0.2) is 54.6 Å². The number of nitrogens with one attached hydrogen (secondary N) is 1. The van der Waals surface area contributed by atoms with Crippen LogP contribution >= 0.6 is 0 Å². The minimum Gasteiger partial charge on any atom is -0.452 e. The van der Waals surface area contributed by atoms with E-state index in [2.05, 4.69) is 4.72 Å². The summed E-state index contributed by atoms with van der Waals surface area (Å²) in [6.07, 6.45) is 0.957. The molecular weight excluding hydrogens is 370 g/mol. The molecule has 0 aliphatic rings. The lowest BCUT2D eigenvalue weighted by molar-refractivity contribution is -0.121. The zero-order valence-electron chi connectivity index (χ0n) is 14.5. The highest BCUT2D eigenvalue weighted by atomic mass is 32.2. The Bertz CT molecular complexity index is 968. The number of benzene rings is 2. The molecule has 8 nitrogen and oxygen atoms in total. The van der Waals surface area contributed by atoms with Gasteiger partial charge in [-0.05, 0) is 24.3 Å². The fourth-order valence-corrected chi connectivity index (χ4v) is 2.81. The van der Waals surface area contributed by atoms with E-state index < -0.39 is 28.5 Å². The molecule has 1 amide bonds. The molecule has 0 saturated heterocycles. The molecule has 1 N–H and O–H groups in total. The predicted molar refractivity (Wildman–Crippen MR) is 99.6 cm³/mol. The number of amides is 1. The summed E-state index contributed by atoms with van der Waals surface area (Å²) in [5.74, 6) is -1.44. The molecule has 0 aliphatic heterocycles. The Hall–Kier alpha value is -3.38. The van der Waals surface area contributed by atoms with Crippen LogP contribution in [0.2, 0.25) is 0 Å². The maximum Gasteiger partial charge on any atom is 0.340 e. The molecule has 0 spiro atoms. The smallest absolute Gasteiger partial charge is 0.340 e. The van der Waals surface area contributed by atoms with E-state index in [9.17, 15) is 18.0 Å². The van der Waals surface area contributed by atoms with Crippen LogP contribution in [0.25, 0.3) is 0 Å². The van der Waals surface area contributed by atoms with Crippen LogP contribution in [-0.4, -0.2) is 39.7 Å². The Kier molecular flexibility index (Phi) is 6.51. The summed E-state index contributed by atoms with van der Waals surface area (Å²) in [4.78, 5) is 25.8. The summed E-state index contributed by atoms with van der Waals surface area (Å²) in [5, 5.41) is 8.93. The van der Waals surface area contributed by atoms with Gasteiger partial charge in [-0.1, -0.05) is 30.3 Å². The fraction of sp³-hybridized carbons (Fsp3) is 0.167. The number of anilines is 2. The lowest BCUT2D eigenvalue weighted by Crippen LogP contribution is -2.35. The maximum atomic E-state index is 12.4. The minimum atomic E-state index is -3.59. The fourth-order valence-electron chi connectivity index (χ4n) is 2.23. The molecule has 0 bridgehead atoms. The number of hydrogen-bond donors (Lipinski definition) is 1. The average molecular weight is 387 g/mol. The largest absolute Gasteiger partial charge is 0.452 e. The zero-order valence-corrected chi connectivity index (χ0v) is 15.3. The first-order chi connectivity index (χ1) is 12.8. The third-order valence-corrected chi connectivity index (χ3v) is 3.96. The highest BCUT2D eigenvalue weighted by molar-refractivity contribution is 7.92. The molecule has 2 aromatic rings. The second kappa shape index (κ2) is 8.82. The molecule has 2 rings (SSSR count). The first-order valence-corrected chi connectivity index (χ1v) is 9.67. The number of hydrogen-bond acceptors (Lipinski definition) is 6. The summed E-state index contributed by atoms with van der Waals surface area (Å²) < 4.78 is 30.0. The van der Waals surface area contributed by atoms with Crippen LogP contribution in [0, 0.1) is 11.3 Å². The van der Waals surface area contributed by atoms with Crippen molar-refractivity contribution in [2.24, 2.45) is 0 Å². The van der Waals surface area contributed by atoms with Gasteiger partial charge in [0.2, 0.25) is 10.0 Å². The van der Waals surface area contributed by atoms with Gasteiger partial charge in [0.15, 0.2) is 6.61 Å². The highest BCUT2D eigenvalue weighted by Gasteiger charge is 2.20. The van der Waals surface area contributed by atoms with Gasteiger partial charge >= 0.3 is 5.97 Å². The molecule has 0 unspecified atom stereocenters. The summed E-state index contributed by atoms with van der Waals surface area (Å²) in [6.45, 7) is -0.796. The molecule has 0 saturated carbocycles. The quantitative estimate of drug-likeness (QED) is 0.572. The van der Waals surface area contributed by atoms with Crippen molar-refractivity contribution in [2.75, 3.05) is 29.0 Å². The van der Waals surface area contributed by atoms with E-state index in [-0.39, 0.29) is 17.8 Å². The van der Waals surface area contributed by atoms with E-state index in [4.69, 9.17) is 10.00 Å². The van der Waals surface area contributed by atoms with Crippen molar-refractivity contribution < 1.29 is 22.7 Å². The van der Waals surface area contributed by atoms with Crippen LogP contribution in [-0.2, 0) is 19.6 Å². The molecule has 0 aliphatic carbocycles. The molecule has 140 valence electrons. The van der Waals surface area contributed by atoms with Crippen molar-refractivity contribution in [3.63, 3.8) is 0 Å². The first kappa shape index (κ1) is 19.9. The monoisotopic (exact) mass is 387 g/mol. The normalized spacial score (nSPS) is 10.5. The van der Waals surface area contributed by atoms with Crippen molar-refractivity contribution in [2.45, 2.75) is 0 Å². The lowest BCUT2D eigenvalue weighted by Gasteiger charge is -2.19. The maximum absolute atomic E-state index is 12.4. The van der Waals surface area contributed by atoms with Gasteiger partial charge in [0.1, 0.15) is 6.54 Å². The minimum absolute atomic E-state index is 0.0257. The predicted octanol–water partition coefficient (Wildman–Crippen LogP) is 1.77. The number of esters is 1. The third-order valence-electron chi connectivity index (χ3n) is 3.37. The highest BCUT2D eigenvalue weighted by Crippen LogP contribution is 2.18. The van der Waals surface area contributed by atoms with Crippen LogP contribution < -0.4 is 9.62 Å². The summed E-state index contributed by atoms with van der Waals surface area (Å²) in [7, 11) is -3.59. The van der Waals surface area contributed by atoms with Gasteiger partial charge < -0.3 is 4.74 Å². The van der Waals surface area contributed by atoms with E-state index in [1.165, 1.54) is 23.1 Å². The molecule has 0 heterocycles. The zero-order chi connectivity index (χ0) is 19.9. The van der Waals surface area contributed by atoms with Gasteiger partial charge in [-0.15, -0.1) is 0 Å². The van der Waals surface area contributed by atoms with Crippen LogP contribution in [0.4, 0.5) is 11.4 Å². The Morgan fingerprint density at radius 2 is 1.74 bits per heavy atom. The van der Waals surface area contributed by atoms with Gasteiger partial charge in [-0.3, -0.25) is 14.4 Å². The van der Waals surface area contributed by atoms with E-state index in [1.807, 2.05) is 6.07 Å². The molecule has 0 aromatic heterocycles. The average Bonchev–Trinajstić information content (AvgIpc) is 2.63. The Labute approximate surface area is 157 Å². The number of sulfonamides is 1. The van der Waals surface area contributed by atoms with E-state index >= 15 is 0 Å². The number of para-hydroxylation sites is 2. The Morgan fingerprint density at radius 3 is 2.37 bits per heavy atom. The van der Waals surface area contributed by atoms with Gasteiger partial charge in [0, 0.05) is 5.69 Å². The summed E-state index contributed by atoms with van der Waals surface area (Å²) in [5.41, 5.74) is 0.524. The summed E-state index contributed by atoms with van der Waals surface area (Å²) >= 11 is 0. The van der Waals surface area contributed by atoms with E-state index in [0.29, 0.717) is 5.69 Å². The molecule has 0 atom stereocenters. The molecule has 0 radical (unpaired) electrons. The van der Waals surface area contributed by atoms with Crippen molar-refractivity contribution in [1.82, 2.24) is 0 Å². The van der Waals surface area contributed by atoms with Gasteiger partial charge in [-0.2, -0.15) is 5.26 Å². The van der Waals surface area contributed by atoms with Crippen molar-refractivity contribution in [3.05, 3.63) is 60.2 Å². The van der Waals surface area contributed by atoms with Crippen LogP contribution in [0.3, 0.4) is 0 Å². The molecule has 27 heavy (non-hydrogen) atoms. The molecule has 0 fully saturated rings. The molecular formula is C18H17N3O5S. The van der Waals surface area contributed by atoms with E-state index in [0.717, 1.165) is 6.26 Å². The van der Waals surface area contributed by atoms with E-state index in [1.54, 1.807) is 36.4 Å². The SMILES string of the molecule is CS(=O)(=O)Nc1ccccc1C(=O)OCC(=O)N(CC#N)c1ccccc1. The van der Waals surface area contributed by atoms with Crippen LogP contribution in [0.1, 0.15) is 10.4 Å². The van der Waals surface area contributed by atoms with Gasteiger partial charge in [0.25, 0.3) is 5.91 Å². The number of nitriles is 1. The third kappa shape index (κ3) is 5.83. The number of nitrogens with zero attached hydrogens (tertiary/aromatic N) is 2. The number of carbonyl (C=O) groups excluding carboxylic acids is 2. The van der Waals surface area contributed by atoms with Crippen LogP contribution in [0.5, 0.6) is 0 Å². The van der Waals surface area contributed by atoms with Crippen molar-refractivity contribution >= 4 is 33.3 Å². The number of ether oxygens (including phenoxy) is 1. The standard InChI is InChI=1S/C18H17N3O5S/c1-27(24,25)20-16-10-6-5-9-15(16)18(23)26-13-17(22)21(12-11-19)14-7-3-2-4-8-14/h2-10,20H,12-13H2,1H3. The summed E-state index contributed by atoms with van der Waals surface area (Å²) in [6, 6.07) is 16.3. The van der Waals surface area contributed by atoms with Gasteiger partial charge in [0.05, 0.1) is 23.6 Å². The second-order valence-corrected chi connectivity index (χ2v) is 7.22. The van der Waals surface area contributed by atoms with Gasteiger partial charge in [-0.25, -0.2) is 13.2 Å². The topological polar surface area (TPSA) is 117 Å². The molecule has 9 heteroatoms. The number of rotatable bonds is 7. The molecule has 2 aromatic carbocycles. The van der Waals surface area contributed by atoms with Crippen molar-refractivity contribution in [3.8, 4) is 6.07 Å². The first-order valence-electron chi connectivity index (χ1n) is 7.78. The second-order valence-electron chi connectivity index (χ2n) is 5.47. The Morgan fingerprint density at radius 1 is 1.11 bits per heavy atom. The van der Waals surface area contributed by atoms with Crippen molar-refractivity contribution in [1.29, 1.82) is 5.26 Å². The Balaban J connectivity index is 2.11. The number of carbonyl (C=O) groups is 2. The lowest BCUT2D eigenvalue weighted by atomic mass is 10.2.